The minimum atomic E-state index is -0.186. The number of hydrogen-bond acceptors (Lipinski definition) is 3. The number of unbranched alkanes of at least 4 members (excludes halogenated alkanes) is 2. The number of amides is 1. The molecule has 0 spiro atoms. The molecule has 0 fully saturated rings. The van der Waals surface area contributed by atoms with E-state index in [9.17, 15) is 14.0 Å². The van der Waals surface area contributed by atoms with Crippen molar-refractivity contribution in [3.8, 4) is 0 Å². The molecule has 0 unspecified atom stereocenters. The molecule has 0 bridgehead atoms. The zero-order valence-corrected chi connectivity index (χ0v) is 17.4. The van der Waals surface area contributed by atoms with Crippen LogP contribution in [0.5, 0.6) is 0 Å². The number of benzene rings is 2. The van der Waals surface area contributed by atoms with Crippen LogP contribution in [0.15, 0.2) is 36.4 Å². The first kappa shape index (κ1) is 20.7. The van der Waals surface area contributed by atoms with Crippen LogP contribution in [0.25, 0.3) is 0 Å². The van der Waals surface area contributed by atoms with Gasteiger partial charge in [-0.15, -0.1) is 0 Å². The lowest BCUT2D eigenvalue weighted by Crippen LogP contribution is -2.31. The number of carbonyl (C=O) groups excluding carboxylic acids is 2. The van der Waals surface area contributed by atoms with Crippen molar-refractivity contribution in [1.82, 2.24) is 5.32 Å². The Balaban J connectivity index is 1.16. The molecule has 2 aliphatic rings. The zero-order valence-electron chi connectivity index (χ0n) is 17.4. The van der Waals surface area contributed by atoms with E-state index in [0.717, 1.165) is 86.1 Å². The van der Waals surface area contributed by atoms with Crippen LogP contribution < -0.4 is 10.2 Å². The second kappa shape index (κ2) is 9.52. The lowest BCUT2D eigenvalue weighted by molar-refractivity contribution is -0.117. The molecule has 0 radical (unpaired) electrons. The maximum Gasteiger partial charge on any atom is 0.231 e. The average Bonchev–Trinajstić information content (AvgIpc) is 3.07. The summed E-state index contributed by atoms with van der Waals surface area (Å²) in [5, 5.41) is 3.39. The SMILES string of the molecule is O=C(CCCCCNCCc1cccc(F)c1)c1cc2c3c(c1)CC(=O)N3CCC2. The molecule has 2 aromatic rings. The van der Waals surface area contributed by atoms with E-state index in [0.29, 0.717) is 12.8 Å². The first-order chi connectivity index (χ1) is 14.6. The van der Waals surface area contributed by atoms with Crippen molar-refractivity contribution in [1.29, 1.82) is 0 Å². The van der Waals surface area contributed by atoms with Gasteiger partial charge in [-0.2, -0.15) is 0 Å². The van der Waals surface area contributed by atoms with E-state index in [-0.39, 0.29) is 17.5 Å². The fourth-order valence-corrected chi connectivity index (χ4v) is 4.55. The van der Waals surface area contributed by atoms with Crippen LogP contribution in [-0.2, 0) is 24.1 Å². The van der Waals surface area contributed by atoms with Crippen molar-refractivity contribution in [3.05, 3.63) is 64.5 Å². The van der Waals surface area contributed by atoms with E-state index in [1.165, 1.54) is 6.07 Å². The Labute approximate surface area is 177 Å². The first-order valence-electron chi connectivity index (χ1n) is 11.1. The highest BCUT2D eigenvalue weighted by Crippen LogP contribution is 2.37. The number of hydrogen-bond donors (Lipinski definition) is 1. The fraction of sp³-hybridized carbons (Fsp3) is 0.440. The Bertz CT molecular complexity index is 941. The van der Waals surface area contributed by atoms with E-state index < -0.39 is 0 Å². The molecule has 0 aromatic heterocycles. The van der Waals surface area contributed by atoms with Gasteiger partial charge in [0, 0.05) is 18.5 Å². The third kappa shape index (κ3) is 4.78. The summed E-state index contributed by atoms with van der Waals surface area (Å²) in [6.45, 7) is 2.54. The predicted octanol–water partition coefficient (Wildman–Crippen LogP) is 4.24. The van der Waals surface area contributed by atoms with Crippen LogP contribution in [0.2, 0.25) is 0 Å². The molecule has 2 aliphatic heterocycles. The largest absolute Gasteiger partial charge is 0.316 e. The smallest absolute Gasteiger partial charge is 0.231 e. The van der Waals surface area contributed by atoms with E-state index in [4.69, 9.17) is 0 Å². The lowest BCUT2D eigenvalue weighted by Gasteiger charge is -2.25. The molecule has 4 rings (SSSR count). The normalized spacial score (nSPS) is 14.8. The number of aryl methyl sites for hydroxylation is 1. The number of nitrogens with zero attached hydrogens (tertiary/aromatic N) is 1. The van der Waals surface area contributed by atoms with Gasteiger partial charge in [0.2, 0.25) is 5.91 Å². The molecule has 0 saturated carbocycles. The van der Waals surface area contributed by atoms with Gasteiger partial charge in [-0.25, -0.2) is 4.39 Å². The number of nitrogens with one attached hydrogen (secondary N) is 1. The molecule has 0 aliphatic carbocycles. The van der Waals surface area contributed by atoms with Crippen molar-refractivity contribution < 1.29 is 14.0 Å². The molecule has 30 heavy (non-hydrogen) atoms. The van der Waals surface area contributed by atoms with E-state index in [2.05, 4.69) is 5.32 Å². The van der Waals surface area contributed by atoms with Gasteiger partial charge in [0.15, 0.2) is 5.78 Å². The molecule has 2 aromatic carbocycles. The van der Waals surface area contributed by atoms with Crippen LogP contribution in [0.1, 0.15) is 59.2 Å². The number of carbonyl (C=O) groups is 2. The summed E-state index contributed by atoms with van der Waals surface area (Å²) in [5.74, 6) is 0.166. The van der Waals surface area contributed by atoms with Gasteiger partial charge >= 0.3 is 0 Å². The fourth-order valence-electron chi connectivity index (χ4n) is 4.55. The third-order valence-electron chi connectivity index (χ3n) is 6.07. The van der Waals surface area contributed by atoms with Crippen LogP contribution >= 0.6 is 0 Å². The monoisotopic (exact) mass is 408 g/mol. The standard InChI is InChI=1S/C25H29FN2O2/c26-22-8-4-6-18(14-22)10-12-27-11-3-1-2-9-23(29)20-15-19-7-5-13-28-24(30)17-21(16-20)25(19)28/h4,6,8,14-16,27H,1-3,5,7,9-13,17H2. The number of halogens is 1. The summed E-state index contributed by atoms with van der Waals surface area (Å²) < 4.78 is 13.1. The Hall–Kier alpha value is -2.53. The van der Waals surface area contributed by atoms with Crippen molar-refractivity contribution >= 4 is 17.4 Å². The molecule has 1 amide bonds. The zero-order chi connectivity index (χ0) is 20.9. The van der Waals surface area contributed by atoms with Gasteiger partial charge in [-0.3, -0.25) is 9.59 Å². The van der Waals surface area contributed by atoms with Crippen LogP contribution in [0.3, 0.4) is 0 Å². The van der Waals surface area contributed by atoms with Crippen LogP contribution in [-0.4, -0.2) is 31.3 Å². The molecular weight excluding hydrogens is 379 g/mol. The highest BCUT2D eigenvalue weighted by Gasteiger charge is 2.32. The third-order valence-corrected chi connectivity index (χ3v) is 6.07. The molecule has 4 nitrogen and oxygen atoms in total. The topological polar surface area (TPSA) is 49.4 Å². The van der Waals surface area contributed by atoms with Gasteiger partial charge in [-0.05, 0) is 86.1 Å². The maximum absolute atomic E-state index is 13.1. The number of rotatable bonds is 10. The molecule has 5 heteroatoms. The van der Waals surface area contributed by atoms with Gasteiger partial charge < -0.3 is 10.2 Å². The maximum atomic E-state index is 13.1. The van der Waals surface area contributed by atoms with Gasteiger partial charge in [0.05, 0.1) is 12.1 Å². The number of anilines is 1. The molecule has 158 valence electrons. The van der Waals surface area contributed by atoms with Crippen LogP contribution in [0, 0.1) is 5.82 Å². The summed E-state index contributed by atoms with van der Waals surface area (Å²) in [6.07, 6.45) is 6.64. The minimum Gasteiger partial charge on any atom is -0.316 e. The molecular formula is C25H29FN2O2. The summed E-state index contributed by atoms with van der Waals surface area (Å²) in [6, 6.07) is 10.7. The minimum absolute atomic E-state index is 0.167. The summed E-state index contributed by atoms with van der Waals surface area (Å²) in [4.78, 5) is 26.7. The Morgan fingerprint density at radius 1 is 1.07 bits per heavy atom. The molecule has 0 saturated heterocycles. The van der Waals surface area contributed by atoms with E-state index in [1.54, 1.807) is 12.1 Å². The summed E-state index contributed by atoms with van der Waals surface area (Å²) >= 11 is 0. The molecule has 0 atom stereocenters. The van der Waals surface area contributed by atoms with E-state index in [1.807, 2.05) is 23.1 Å². The Morgan fingerprint density at radius 3 is 2.80 bits per heavy atom. The lowest BCUT2D eigenvalue weighted by atomic mass is 9.94. The molecule has 2 heterocycles. The van der Waals surface area contributed by atoms with Crippen molar-refractivity contribution in [2.24, 2.45) is 0 Å². The highest BCUT2D eigenvalue weighted by atomic mass is 19.1. The highest BCUT2D eigenvalue weighted by molar-refractivity contribution is 6.05. The van der Waals surface area contributed by atoms with Crippen molar-refractivity contribution in [3.63, 3.8) is 0 Å². The predicted molar refractivity (Wildman–Crippen MR) is 117 cm³/mol. The van der Waals surface area contributed by atoms with Gasteiger partial charge in [-0.1, -0.05) is 18.6 Å². The van der Waals surface area contributed by atoms with Gasteiger partial charge in [0.1, 0.15) is 5.82 Å². The Kier molecular flexibility index (Phi) is 6.58. The van der Waals surface area contributed by atoms with Crippen LogP contribution in [0.4, 0.5) is 10.1 Å². The summed E-state index contributed by atoms with van der Waals surface area (Å²) in [7, 11) is 0. The second-order valence-electron chi connectivity index (χ2n) is 8.33. The average molecular weight is 409 g/mol. The quantitative estimate of drug-likeness (QED) is 0.473. The van der Waals surface area contributed by atoms with Crippen molar-refractivity contribution in [2.45, 2.75) is 51.4 Å². The Morgan fingerprint density at radius 2 is 1.93 bits per heavy atom. The number of Topliss-reactive ketones (excluding diaryl/α,β-unsaturated/α-hetero) is 1. The first-order valence-corrected chi connectivity index (χ1v) is 11.1. The summed E-state index contributed by atoms with van der Waals surface area (Å²) in [5.41, 5.74) is 5.05. The van der Waals surface area contributed by atoms with E-state index >= 15 is 0 Å². The second-order valence-corrected chi connectivity index (χ2v) is 8.33. The number of ketones is 1. The molecule has 1 N–H and O–H groups in total. The van der Waals surface area contributed by atoms with Crippen molar-refractivity contribution in [2.75, 3.05) is 24.5 Å². The van der Waals surface area contributed by atoms with Gasteiger partial charge in [0.25, 0.3) is 0 Å².